The van der Waals surface area contributed by atoms with Crippen LogP contribution in [-0.4, -0.2) is 57.1 Å². The van der Waals surface area contributed by atoms with Gasteiger partial charge in [0.15, 0.2) is 5.82 Å². The molecule has 0 saturated carbocycles. The number of nitrogens with zero attached hydrogens (tertiary/aromatic N) is 2. The molecule has 2 aliphatic rings. The molecule has 0 spiro atoms. The van der Waals surface area contributed by atoms with Gasteiger partial charge in [-0.3, -0.25) is 14.2 Å². The quantitative estimate of drug-likeness (QED) is 0.473. The first-order chi connectivity index (χ1) is 12.5. The van der Waals surface area contributed by atoms with Crippen LogP contribution in [0.4, 0.5) is 5.82 Å². The van der Waals surface area contributed by atoms with Crippen molar-refractivity contribution in [3.05, 3.63) is 22.2 Å². The molecule has 1 aromatic heterocycles. The summed E-state index contributed by atoms with van der Waals surface area (Å²) in [6.45, 7) is 1.75. The van der Waals surface area contributed by atoms with E-state index >= 15 is 0 Å². The normalized spacial score (nSPS) is 27.7. The zero-order valence-electron chi connectivity index (χ0n) is 14.6. The van der Waals surface area contributed by atoms with Crippen molar-refractivity contribution in [1.29, 1.82) is 0 Å². The van der Waals surface area contributed by atoms with Crippen molar-refractivity contribution in [3.63, 3.8) is 0 Å². The third-order valence-electron chi connectivity index (χ3n) is 4.57. The molecule has 0 bridgehead atoms. The van der Waals surface area contributed by atoms with Crippen LogP contribution in [0.25, 0.3) is 0 Å². The van der Waals surface area contributed by atoms with Gasteiger partial charge in [-0.1, -0.05) is 0 Å². The Balaban J connectivity index is 1.66. The Hall–Kier alpha value is -2.01. The second-order valence-corrected chi connectivity index (χ2v) is 6.59. The minimum Gasteiger partial charge on any atom is -0.394 e. The Bertz CT molecular complexity index is 708. The molecule has 1 aromatic rings. The number of fused-ring (bicyclic) bond motifs is 1. The van der Waals surface area contributed by atoms with E-state index < -0.39 is 24.1 Å². The highest BCUT2D eigenvalue weighted by molar-refractivity contribution is 5.72. The number of ether oxygens (including phenoxy) is 1. The molecule has 3 heterocycles. The number of nitrogens with one attached hydrogen (secondary N) is 2. The summed E-state index contributed by atoms with van der Waals surface area (Å²) in [6, 6.07) is 0. The van der Waals surface area contributed by atoms with Gasteiger partial charge < -0.3 is 20.3 Å². The average molecular weight is 368 g/mol. The Morgan fingerprint density at radius 3 is 3.04 bits per heavy atom. The fraction of sp³-hybridized carbons (Fsp3) is 0.688. The summed E-state index contributed by atoms with van der Waals surface area (Å²) in [6.07, 6.45) is 1.66. The van der Waals surface area contributed by atoms with Crippen molar-refractivity contribution in [2.75, 3.05) is 18.6 Å². The second-order valence-electron chi connectivity index (χ2n) is 6.59. The molecule has 3 rings (SSSR count). The molecule has 2 aliphatic heterocycles. The number of anilines is 1. The first-order valence-electron chi connectivity index (χ1n) is 8.70. The number of hydrogen-bond donors (Lipinski definition) is 4. The summed E-state index contributed by atoms with van der Waals surface area (Å²) in [7, 11) is 0. The van der Waals surface area contributed by atoms with Gasteiger partial charge in [0.2, 0.25) is 5.91 Å². The van der Waals surface area contributed by atoms with Gasteiger partial charge >= 0.3 is 5.69 Å². The lowest BCUT2D eigenvalue weighted by atomic mass is 10.0. The Morgan fingerprint density at radius 2 is 2.35 bits per heavy atom. The van der Waals surface area contributed by atoms with E-state index in [-0.39, 0.29) is 25.0 Å². The molecule has 0 aromatic carbocycles. The monoisotopic (exact) mass is 368 g/mol. The van der Waals surface area contributed by atoms with E-state index in [4.69, 9.17) is 9.57 Å². The molecule has 1 saturated heterocycles. The predicted octanol–water partition coefficient (Wildman–Crippen LogP) is -0.931. The topological polar surface area (TPSA) is 135 Å². The number of amides is 1. The maximum absolute atomic E-state index is 12.2. The van der Waals surface area contributed by atoms with Crippen molar-refractivity contribution < 1.29 is 24.6 Å². The predicted molar refractivity (Wildman–Crippen MR) is 90.2 cm³/mol. The molecule has 10 nitrogen and oxygen atoms in total. The number of aliphatic hydroxyl groups is 2. The van der Waals surface area contributed by atoms with E-state index in [9.17, 15) is 19.8 Å². The van der Waals surface area contributed by atoms with E-state index in [1.807, 2.05) is 0 Å². The van der Waals surface area contributed by atoms with E-state index in [1.54, 1.807) is 6.20 Å². The van der Waals surface area contributed by atoms with Crippen LogP contribution >= 0.6 is 0 Å². The first kappa shape index (κ1) is 18.8. The molecule has 144 valence electrons. The number of carbonyl (C=O) groups is 1. The molecule has 1 amide bonds. The van der Waals surface area contributed by atoms with Crippen molar-refractivity contribution in [1.82, 2.24) is 14.9 Å². The van der Waals surface area contributed by atoms with Gasteiger partial charge in [0, 0.05) is 38.1 Å². The van der Waals surface area contributed by atoms with Crippen LogP contribution in [0.2, 0.25) is 0 Å². The third kappa shape index (κ3) is 4.21. The Labute approximate surface area is 150 Å². The fourth-order valence-electron chi connectivity index (χ4n) is 3.18. The van der Waals surface area contributed by atoms with Crippen LogP contribution in [-0.2, 0) is 20.8 Å². The second kappa shape index (κ2) is 8.12. The lowest BCUT2D eigenvalue weighted by molar-refractivity contribution is -0.119. The number of aliphatic hydroxyl groups excluding tert-OH is 2. The van der Waals surface area contributed by atoms with Crippen LogP contribution in [0.1, 0.15) is 38.0 Å². The van der Waals surface area contributed by atoms with Crippen LogP contribution in [0.3, 0.4) is 0 Å². The highest BCUT2D eigenvalue weighted by atomic mass is 16.7. The van der Waals surface area contributed by atoms with E-state index in [0.717, 1.165) is 18.4 Å². The average Bonchev–Trinajstić information content (AvgIpc) is 2.98. The van der Waals surface area contributed by atoms with E-state index in [1.165, 1.54) is 11.5 Å². The minimum absolute atomic E-state index is 0.0637. The van der Waals surface area contributed by atoms with Crippen molar-refractivity contribution in [3.8, 4) is 0 Å². The molecule has 0 radical (unpaired) electrons. The highest BCUT2D eigenvalue weighted by Crippen LogP contribution is 2.29. The van der Waals surface area contributed by atoms with Gasteiger partial charge in [0.25, 0.3) is 0 Å². The molecule has 10 heteroatoms. The molecular formula is C16H24N4O6. The molecule has 0 aliphatic carbocycles. The van der Waals surface area contributed by atoms with E-state index in [2.05, 4.69) is 15.8 Å². The number of rotatable bonds is 6. The molecule has 26 heavy (non-hydrogen) atoms. The summed E-state index contributed by atoms with van der Waals surface area (Å²) in [5.41, 5.74) is 3.00. The third-order valence-corrected chi connectivity index (χ3v) is 4.57. The Kier molecular flexibility index (Phi) is 5.87. The molecular weight excluding hydrogens is 344 g/mol. The minimum atomic E-state index is -0.823. The summed E-state index contributed by atoms with van der Waals surface area (Å²) in [5, 5.41) is 21.8. The SMILES string of the molecule is CC(=O)NCCCC1Cc2cn(C3C[C@H](O)[C@@H](CO)O3)c(=O)nc2NO1. The smallest absolute Gasteiger partial charge is 0.351 e. The standard InChI is InChI=1S/C16H24N4O6/c1-9(22)17-4-2-3-11-5-10-7-20(16(24)18-15(10)19-26-11)14-6-12(23)13(8-21)25-14/h7,11-14,21,23H,2-6,8H2,1H3,(H,17,22)(H,18,19,24)/t11?,12-,13+,14?/m0/s1. The van der Waals surface area contributed by atoms with Crippen molar-refractivity contribution >= 4 is 11.7 Å². The van der Waals surface area contributed by atoms with Gasteiger partial charge in [0.1, 0.15) is 12.3 Å². The molecule has 2 unspecified atom stereocenters. The highest BCUT2D eigenvalue weighted by Gasteiger charge is 2.35. The zero-order chi connectivity index (χ0) is 18.7. The summed E-state index contributed by atoms with van der Waals surface area (Å²) in [5.74, 6) is 0.313. The van der Waals surface area contributed by atoms with Crippen LogP contribution in [0.5, 0.6) is 0 Å². The van der Waals surface area contributed by atoms with Crippen molar-refractivity contribution in [2.24, 2.45) is 0 Å². The van der Waals surface area contributed by atoms with Gasteiger partial charge in [-0.25, -0.2) is 10.3 Å². The van der Waals surface area contributed by atoms with Gasteiger partial charge in [-0.05, 0) is 12.8 Å². The largest absolute Gasteiger partial charge is 0.394 e. The van der Waals surface area contributed by atoms with Crippen LogP contribution in [0.15, 0.2) is 11.0 Å². The summed E-state index contributed by atoms with van der Waals surface area (Å²) < 4.78 is 6.89. The fourth-order valence-corrected chi connectivity index (χ4v) is 3.18. The lowest BCUT2D eigenvalue weighted by Gasteiger charge is -2.26. The van der Waals surface area contributed by atoms with Crippen LogP contribution < -0.4 is 16.5 Å². The van der Waals surface area contributed by atoms with Crippen LogP contribution in [0, 0.1) is 0 Å². The molecule has 1 fully saturated rings. The number of carbonyl (C=O) groups excluding carboxylic acids is 1. The van der Waals surface area contributed by atoms with Gasteiger partial charge in [-0.2, -0.15) is 4.98 Å². The van der Waals surface area contributed by atoms with Gasteiger partial charge in [-0.15, -0.1) is 0 Å². The maximum Gasteiger partial charge on any atom is 0.351 e. The zero-order valence-corrected chi connectivity index (χ0v) is 14.6. The van der Waals surface area contributed by atoms with E-state index in [0.29, 0.717) is 18.8 Å². The van der Waals surface area contributed by atoms with Gasteiger partial charge in [0.05, 0.1) is 18.8 Å². The Morgan fingerprint density at radius 1 is 1.54 bits per heavy atom. The number of aromatic nitrogens is 2. The summed E-state index contributed by atoms with van der Waals surface area (Å²) >= 11 is 0. The van der Waals surface area contributed by atoms with Crippen molar-refractivity contribution in [2.45, 2.75) is 57.1 Å². The molecule has 4 N–H and O–H groups in total. The summed E-state index contributed by atoms with van der Waals surface area (Å²) in [4.78, 5) is 32.6. The lowest BCUT2D eigenvalue weighted by Crippen LogP contribution is -2.34. The number of hydrogen-bond acceptors (Lipinski definition) is 8. The molecule has 4 atom stereocenters. The maximum atomic E-state index is 12.2. The first-order valence-corrected chi connectivity index (χ1v) is 8.70.